The molecule has 1 aliphatic rings. The molecular formula is C15H21FN2O. The first kappa shape index (κ1) is 14.0. The van der Waals surface area contributed by atoms with Gasteiger partial charge in [0, 0.05) is 6.54 Å². The van der Waals surface area contributed by atoms with Crippen LogP contribution >= 0.6 is 0 Å². The summed E-state index contributed by atoms with van der Waals surface area (Å²) in [5, 5.41) is 2.99. The first-order chi connectivity index (χ1) is 9.04. The minimum absolute atomic E-state index is 0.0814. The van der Waals surface area contributed by atoms with E-state index in [-0.39, 0.29) is 11.7 Å². The van der Waals surface area contributed by atoms with Crippen molar-refractivity contribution in [2.75, 3.05) is 27.2 Å². The van der Waals surface area contributed by atoms with Crippen molar-refractivity contribution in [1.29, 1.82) is 0 Å². The summed E-state index contributed by atoms with van der Waals surface area (Å²) in [5.41, 5.74) is 0.533. The van der Waals surface area contributed by atoms with E-state index in [1.165, 1.54) is 12.1 Å². The molecule has 4 heteroatoms. The number of benzene rings is 1. The van der Waals surface area contributed by atoms with Crippen molar-refractivity contribution >= 4 is 5.91 Å². The predicted molar refractivity (Wildman–Crippen MR) is 73.5 cm³/mol. The second-order valence-electron chi connectivity index (χ2n) is 5.50. The van der Waals surface area contributed by atoms with E-state index < -0.39 is 5.41 Å². The highest BCUT2D eigenvalue weighted by atomic mass is 19.1. The van der Waals surface area contributed by atoms with Crippen LogP contribution in [0.3, 0.4) is 0 Å². The highest BCUT2D eigenvalue weighted by Crippen LogP contribution is 2.48. The van der Waals surface area contributed by atoms with E-state index in [0.717, 1.165) is 31.4 Å². The molecule has 1 fully saturated rings. The summed E-state index contributed by atoms with van der Waals surface area (Å²) >= 11 is 0. The lowest BCUT2D eigenvalue weighted by atomic mass is 9.95. The van der Waals surface area contributed by atoms with Crippen LogP contribution in [0.5, 0.6) is 0 Å². The fourth-order valence-corrected chi connectivity index (χ4v) is 2.31. The normalized spacial score (nSPS) is 16.4. The Hall–Kier alpha value is -1.42. The molecule has 104 valence electrons. The number of hydrogen-bond acceptors (Lipinski definition) is 2. The van der Waals surface area contributed by atoms with Crippen molar-refractivity contribution < 1.29 is 9.18 Å². The maximum atomic E-state index is 12.9. The summed E-state index contributed by atoms with van der Waals surface area (Å²) in [6.45, 7) is 1.66. The van der Waals surface area contributed by atoms with Gasteiger partial charge in [-0.1, -0.05) is 12.1 Å². The van der Waals surface area contributed by atoms with E-state index in [1.54, 1.807) is 12.1 Å². The number of carbonyl (C=O) groups excluding carboxylic acids is 1. The number of hydrogen-bond donors (Lipinski definition) is 1. The van der Waals surface area contributed by atoms with Gasteiger partial charge in [0.2, 0.25) is 5.91 Å². The molecule has 0 aliphatic heterocycles. The molecule has 0 spiro atoms. The molecule has 19 heavy (non-hydrogen) atoms. The Morgan fingerprint density at radius 3 is 2.47 bits per heavy atom. The molecule has 0 bridgehead atoms. The summed E-state index contributed by atoms with van der Waals surface area (Å²) < 4.78 is 12.9. The van der Waals surface area contributed by atoms with Gasteiger partial charge < -0.3 is 10.2 Å². The fraction of sp³-hybridized carbons (Fsp3) is 0.533. The van der Waals surface area contributed by atoms with Gasteiger partial charge in [-0.3, -0.25) is 4.79 Å². The molecule has 0 unspecified atom stereocenters. The third-order valence-corrected chi connectivity index (χ3v) is 3.65. The molecule has 0 radical (unpaired) electrons. The quantitative estimate of drug-likeness (QED) is 0.796. The molecule has 0 atom stereocenters. The minimum atomic E-state index is -0.397. The van der Waals surface area contributed by atoms with E-state index in [2.05, 4.69) is 10.2 Å². The Balaban J connectivity index is 1.89. The summed E-state index contributed by atoms with van der Waals surface area (Å²) in [6.07, 6.45) is 2.66. The van der Waals surface area contributed by atoms with Crippen molar-refractivity contribution in [3.63, 3.8) is 0 Å². The van der Waals surface area contributed by atoms with Gasteiger partial charge in [-0.05, 0) is 57.6 Å². The van der Waals surface area contributed by atoms with Crippen LogP contribution in [0.1, 0.15) is 24.8 Å². The Labute approximate surface area is 113 Å². The largest absolute Gasteiger partial charge is 0.355 e. The molecular weight excluding hydrogens is 243 g/mol. The molecule has 1 saturated carbocycles. The molecule has 1 aliphatic carbocycles. The third kappa shape index (κ3) is 3.32. The van der Waals surface area contributed by atoms with Crippen LogP contribution in [0, 0.1) is 5.82 Å². The van der Waals surface area contributed by atoms with E-state index in [0.29, 0.717) is 6.54 Å². The number of amides is 1. The van der Waals surface area contributed by atoms with Crippen LogP contribution in [0.4, 0.5) is 4.39 Å². The number of rotatable bonds is 6. The van der Waals surface area contributed by atoms with Gasteiger partial charge in [0.05, 0.1) is 5.41 Å². The molecule has 2 rings (SSSR count). The SMILES string of the molecule is CN(C)CCCNC(=O)C1(c2ccc(F)cc2)CC1. The third-order valence-electron chi connectivity index (χ3n) is 3.65. The monoisotopic (exact) mass is 264 g/mol. The van der Waals surface area contributed by atoms with Crippen molar-refractivity contribution in [2.24, 2.45) is 0 Å². The smallest absolute Gasteiger partial charge is 0.230 e. The lowest BCUT2D eigenvalue weighted by Crippen LogP contribution is -2.36. The zero-order valence-electron chi connectivity index (χ0n) is 11.6. The molecule has 0 heterocycles. The number of halogens is 1. The highest BCUT2D eigenvalue weighted by molar-refractivity contribution is 5.91. The van der Waals surface area contributed by atoms with Gasteiger partial charge in [-0.2, -0.15) is 0 Å². The molecule has 0 saturated heterocycles. The van der Waals surface area contributed by atoms with Crippen LogP contribution < -0.4 is 5.32 Å². The first-order valence-corrected chi connectivity index (χ1v) is 6.74. The molecule has 1 aromatic carbocycles. The molecule has 1 N–H and O–H groups in total. The zero-order valence-corrected chi connectivity index (χ0v) is 11.6. The van der Waals surface area contributed by atoms with Crippen molar-refractivity contribution in [3.8, 4) is 0 Å². The summed E-state index contributed by atoms with van der Waals surface area (Å²) in [6, 6.07) is 6.30. The van der Waals surface area contributed by atoms with Gasteiger partial charge in [-0.25, -0.2) is 4.39 Å². The average molecular weight is 264 g/mol. The maximum Gasteiger partial charge on any atom is 0.230 e. The van der Waals surface area contributed by atoms with Gasteiger partial charge in [0.25, 0.3) is 0 Å². The van der Waals surface area contributed by atoms with E-state index in [4.69, 9.17) is 0 Å². The van der Waals surface area contributed by atoms with Gasteiger partial charge in [0.1, 0.15) is 5.82 Å². The lowest BCUT2D eigenvalue weighted by molar-refractivity contribution is -0.123. The number of nitrogens with one attached hydrogen (secondary N) is 1. The molecule has 1 aromatic rings. The fourth-order valence-electron chi connectivity index (χ4n) is 2.31. The van der Waals surface area contributed by atoms with Gasteiger partial charge >= 0.3 is 0 Å². The molecule has 3 nitrogen and oxygen atoms in total. The van der Waals surface area contributed by atoms with Crippen LogP contribution in [-0.2, 0) is 10.2 Å². The van der Waals surface area contributed by atoms with Crippen LogP contribution in [-0.4, -0.2) is 38.0 Å². The van der Waals surface area contributed by atoms with Crippen molar-refractivity contribution in [1.82, 2.24) is 10.2 Å². The molecule has 1 amide bonds. The van der Waals surface area contributed by atoms with E-state index in [1.807, 2.05) is 14.1 Å². The Bertz CT molecular complexity index is 438. The first-order valence-electron chi connectivity index (χ1n) is 6.74. The Kier molecular flexibility index (Phi) is 4.20. The van der Waals surface area contributed by atoms with Crippen molar-refractivity contribution in [3.05, 3.63) is 35.6 Å². The van der Waals surface area contributed by atoms with Crippen LogP contribution in [0.25, 0.3) is 0 Å². The Morgan fingerprint density at radius 2 is 1.95 bits per heavy atom. The standard InChI is InChI=1S/C15H21FN2O/c1-18(2)11-3-10-17-14(19)15(8-9-15)12-4-6-13(16)7-5-12/h4-7H,3,8-11H2,1-2H3,(H,17,19). The number of carbonyl (C=O) groups is 1. The Morgan fingerprint density at radius 1 is 1.32 bits per heavy atom. The van der Waals surface area contributed by atoms with Crippen LogP contribution in [0.15, 0.2) is 24.3 Å². The summed E-state index contributed by atoms with van der Waals surface area (Å²) in [7, 11) is 4.03. The topological polar surface area (TPSA) is 32.3 Å². The van der Waals surface area contributed by atoms with Gasteiger partial charge in [0.15, 0.2) is 0 Å². The number of nitrogens with zero attached hydrogens (tertiary/aromatic N) is 1. The van der Waals surface area contributed by atoms with Crippen LogP contribution in [0.2, 0.25) is 0 Å². The molecule has 0 aromatic heterocycles. The zero-order chi connectivity index (χ0) is 13.9. The minimum Gasteiger partial charge on any atom is -0.355 e. The summed E-state index contributed by atoms with van der Waals surface area (Å²) in [4.78, 5) is 14.3. The second-order valence-corrected chi connectivity index (χ2v) is 5.50. The second kappa shape index (κ2) is 5.70. The van der Waals surface area contributed by atoms with E-state index in [9.17, 15) is 9.18 Å². The lowest BCUT2D eigenvalue weighted by Gasteiger charge is -2.16. The van der Waals surface area contributed by atoms with E-state index >= 15 is 0 Å². The predicted octanol–water partition coefficient (Wildman–Crippen LogP) is 1.93. The highest BCUT2D eigenvalue weighted by Gasteiger charge is 2.50. The maximum absolute atomic E-state index is 12.9. The summed E-state index contributed by atoms with van der Waals surface area (Å²) in [5.74, 6) is -0.177. The average Bonchev–Trinajstić information content (AvgIpc) is 3.16. The van der Waals surface area contributed by atoms with Crippen molar-refractivity contribution in [2.45, 2.75) is 24.7 Å². The van der Waals surface area contributed by atoms with Gasteiger partial charge in [-0.15, -0.1) is 0 Å².